The van der Waals surface area contributed by atoms with Crippen LogP contribution in [0.5, 0.6) is 0 Å². The molecule has 0 aromatic heterocycles. The third-order valence-corrected chi connectivity index (χ3v) is 2.94. The molecule has 0 N–H and O–H groups in total. The first-order valence-corrected chi connectivity index (χ1v) is 5.87. The highest BCUT2D eigenvalue weighted by molar-refractivity contribution is 6.01. The molecule has 0 saturated heterocycles. The third-order valence-electron chi connectivity index (χ3n) is 2.94. The van der Waals surface area contributed by atoms with Crippen LogP contribution in [0.3, 0.4) is 0 Å². The molecule has 0 aliphatic heterocycles. The van der Waals surface area contributed by atoms with Crippen molar-refractivity contribution < 1.29 is 4.79 Å². The van der Waals surface area contributed by atoms with E-state index in [0.29, 0.717) is 5.56 Å². The van der Waals surface area contributed by atoms with Crippen molar-refractivity contribution >= 4 is 22.2 Å². The molecule has 5 nitrogen and oxygen atoms in total. The Morgan fingerprint density at radius 3 is 2.58 bits per heavy atom. The van der Waals surface area contributed by atoms with Gasteiger partial charge in [0.25, 0.3) is 0 Å². The summed E-state index contributed by atoms with van der Waals surface area (Å²) >= 11 is 0. The molecule has 0 aliphatic carbocycles. The van der Waals surface area contributed by atoms with Gasteiger partial charge in [0.05, 0.1) is 6.54 Å². The highest BCUT2D eigenvalue weighted by atomic mass is 16.1. The lowest BCUT2D eigenvalue weighted by atomic mass is 10.0. The van der Waals surface area contributed by atoms with Gasteiger partial charge >= 0.3 is 0 Å². The predicted octanol–water partition coefficient (Wildman–Crippen LogP) is 3.40. The van der Waals surface area contributed by atoms with Crippen molar-refractivity contribution in [1.82, 2.24) is 0 Å². The molecule has 0 heterocycles. The van der Waals surface area contributed by atoms with Crippen molar-refractivity contribution in [3.05, 3.63) is 52.4 Å². The SMILES string of the molecule is CN(C)c1ccc2cc(C(=O)CN=[N+]=[N-])ccc2c1. The van der Waals surface area contributed by atoms with E-state index in [1.165, 1.54) is 0 Å². The zero-order chi connectivity index (χ0) is 13.8. The number of anilines is 1. The Kier molecular flexibility index (Phi) is 3.68. The van der Waals surface area contributed by atoms with Gasteiger partial charge in [0, 0.05) is 30.3 Å². The van der Waals surface area contributed by atoms with Crippen LogP contribution >= 0.6 is 0 Å². The van der Waals surface area contributed by atoms with Crippen LogP contribution in [-0.4, -0.2) is 26.4 Å². The zero-order valence-corrected chi connectivity index (χ0v) is 10.9. The summed E-state index contributed by atoms with van der Waals surface area (Å²) in [6, 6.07) is 11.5. The smallest absolute Gasteiger partial charge is 0.168 e. The number of hydrogen-bond donors (Lipinski definition) is 0. The van der Waals surface area contributed by atoms with Crippen LogP contribution in [-0.2, 0) is 0 Å². The highest BCUT2D eigenvalue weighted by Gasteiger charge is 2.06. The van der Waals surface area contributed by atoms with Crippen LogP contribution in [0.4, 0.5) is 5.69 Å². The Morgan fingerprint density at radius 1 is 1.21 bits per heavy atom. The molecule has 19 heavy (non-hydrogen) atoms. The van der Waals surface area contributed by atoms with Crippen molar-refractivity contribution in [3.8, 4) is 0 Å². The molecule has 0 fully saturated rings. The van der Waals surface area contributed by atoms with Gasteiger partial charge in [-0.15, -0.1) is 0 Å². The van der Waals surface area contributed by atoms with Gasteiger partial charge in [0.1, 0.15) is 0 Å². The standard InChI is InChI=1S/C14H14N4O/c1-18(2)13-6-5-10-7-12(4-3-11(10)8-13)14(19)9-16-17-15/h3-8H,9H2,1-2H3. The quantitative estimate of drug-likeness (QED) is 0.363. The lowest BCUT2D eigenvalue weighted by molar-refractivity contribution is 0.100. The first-order valence-electron chi connectivity index (χ1n) is 5.87. The van der Waals surface area contributed by atoms with Gasteiger partial charge in [-0.1, -0.05) is 23.3 Å². The summed E-state index contributed by atoms with van der Waals surface area (Å²) in [5.41, 5.74) is 9.90. The molecule has 2 aromatic rings. The van der Waals surface area contributed by atoms with E-state index < -0.39 is 0 Å². The lowest BCUT2D eigenvalue weighted by Crippen LogP contribution is -2.08. The molecule has 0 bridgehead atoms. The molecular formula is C14H14N4O. The fraction of sp³-hybridized carbons (Fsp3) is 0.214. The van der Waals surface area contributed by atoms with Crippen LogP contribution in [0.1, 0.15) is 10.4 Å². The second kappa shape index (κ2) is 5.42. The maximum Gasteiger partial charge on any atom is 0.168 e. The Labute approximate surface area is 111 Å². The average Bonchev–Trinajstić information content (AvgIpc) is 2.43. The Hall–Kier alpha value is -2.52. The topological polar surface area (TPSA) is 69.1 Å². The zero-order valence-electron chi connectivity index (χ0n) is 10.9. The van der Waals surface area contributed by atoms with Gasteiger partial charge in [-0.3, -0.25) is 4.79 Å². The van der Waals surface area contributed by atoms with E-state index in [1.807, 2.05) is 43.3 Å². The summed E-state index contributed by atoms with van der Waals surface area (Å²) in [6.45, 7) is -0.141. The van der Waals surface area contributed by atoms with Crippen molar-refractivity contribution in [2.24, 2.45) is 5.11 Å². The fourth-order valence-electron chi connectivity index (χ4n) is 1.87. The number of benzene rings is 2. The van der Waals surface area contributed by atoms with Gasteiger partial charge in [-0.2, -0.15) is 0 Å². The number of nitrogens with zero attached hydrogens (tertiary/aromatic N) is 4. The average molecular weight is 254 g/mol. The number of carbonyl (C=O) groups excluding carboxylic acids is 1. The number of ketones is 1. The maximum absolute atomic E-state index is 11.7. The van der Waals surface area contributed by atoms with E-state index >= 15 is 0 Å². The fourth-order valence-corrected chi connectivity index (χ4v) is 1.87. The van der Waals surface area contributed by atoms with Gasteiger partial charge in [-0.25, -0.2) is 0 Å². The minimum Gasteiger partial charge on any atom is -0.378 e. The maximum atomic E-state index is 11.7. The summed E-state index contributed by atoms with van der Waals surface area (Å²) in [4.78, 5) is 16.4. The molecule has 2 rings (SSSR count). The first kappa shape index (κ1) is 12.9. The number of fused-ring (bicyclic) bond motifs is 1. The van der Waals surface area contributed by atoms with Crippen molar-refractivity contribution in [2.45, 2.75) is 0 Å². The van der Waals surface area contributed by atoms with Crippen LogP contribution in [0.2, 0.25) is 0 Å². The van der Waals surface area contributed by atoms with E-state index in [4.69, 9.17) is 5.53 Å². The molecule has 96 valence electrons. The molecule has 0 saturated carbocycles. The molecule has 0 spiro atoms. The number of Topliss-reactive ketones (excluding diaryl/α,β-unsaturated/α-hetero) is 1. The van der Waals surface area contributed by atoms with E-state index in [-0.39, 0.29) is 12.3 Å². The molecule has 0 aliphatic rings. The first-order chi connectivity index (χ1) is 9.11. The molecule has 0 atom stereocenters. The van der Waals surface area contributed by atoms with E-state index in [1.54, 1.807) is 6.07 Å². The number of hydrogen-bond acceptors (Lipinski definition) is 3. The summed E-state index contributed by atoms with van der Waals surface area (Å²) in [5, 5.41) is 5.36. The normalized spacial score (nSPS) is 10.0. The Morgan fingerprint density at radius 2 is 1.89 bits per heavy atom. The second-order valence-corrected chi connectivity index (χ2v) is 4.45. The van der Waals surface area contributed by atoms with Crippen LogP contribution < -0.4 is 4.90 Å². The molecule has 2 aromatic carbocycles. The van der Waals surface area contributed by atoms with Gasteiger partial charge in [-0.05, 0) is 34.5 Å². The van der Waals surface area contributed by atoms with E-state index in [2.05, 4.69) is 16.1 Å². The predicted molar refractivity (Wildman–Crippen MR) is 76.6 cm³/mol. The van der Waals surface area contributed by atoms with E-state index in [0.717, 1.165) is 16.5 Å². The van der Waals surface area contributed by atoms with Gasteiger partial charge in [0.15, 0.2) is 5.78 Å². The van der Waals surface area contributed by atoms with Crippen molar-refractivity contribution in [1.29, 1.82) is 0 Å². The van der Waals surface area contributed by atoms with Crippen molar-refractivity contribution in [2.75, 3.05) is 25.5 Å². The third kappa shape index (κ3) is 2.84. The van der Waals surface area contributed by atoms with Gasteiger partial charge < -0.3 is 4.90 Å². The summed E-state index contributed by atoms with van der Waals surface area (Å²) in [7, 11) is 3.97. The Balaban J connectivity index is 2.39. The number of rotatable bonds is 4. The molecular weight excluding hydrogens is 240 g/mol. The minimum atomic E-state index is -0.170. The van der Waals surface area contributed by atoms with Gasteiger partial charge in [0.2, 0.25) is 0 Å². The minimum absolute atomic E-state index is 0.141. The largest absolute Gasteiger partial charge is 0.378 e. The molecule has 0 unspecified atom stereocenters. The number of carbonyl (C=O) groups is 1. The highest BCUT2D eigenvalue weighted by Crippen LogP contribution is 2.22. The molecule has 0 amide bonds. The summed E-state index contributed by atoms with van der Waals surface area (Å²) < 4.78 is 0. The lowest BCUT2D eigenvalue weighted by Gasteiger charge is -2.13. The van der Waals surface area contributed by atoms with E-state index in [9.17, 15) is 4.79 Å². The monoisotopic (exact) mass is 254 g/mol. The van der Waals surface area contributed by atoms with Crippen LogP contribution in [0.15, 0.2) is 41.5 Å². The number of azide groups is 1. The Bertz CT molecular complexity index is 672. The van der Waals surface area contributed by atoms with Crippen LogP contribution in [0, 0.1) is 0 Å². The van der Waals surface area contributed by atoms with Crippen molar-refractivity contribution in [3.63, 3.8) is 0 Å². The summed E-state index contributed by atoms with van der Waals surface area (Å²) in [6.07, 6.45) is 0. The summed E-state index contributed by atoms with van der Waals surface area (Å²) in [5.74, 6) is -0.170. The molecule has 5 heteroatoms. The van der Waals surface area contributed by atoms with Crippen LogP contribution in [0.25, 0.3) is 21.2 Å². The second-order valence-electron chi connectivity index (χ2n) is 4.45. The molecule has 0 radical (unpaired) electrons.